The van der Waals surface area contributed by atoms with Gasteiger partial charge in [0.2, 0.25) is 29.3 Å². The summed E-state index contributed by atoms with van der Waals surface area (Å²) >= 11 is 4.08. The standard InChI is InChI=1S/C32H12BF24.C19H15NO2S/c34-25(35,36)13-1-14(26(37,38)39)6-21(5-13)33(22-7-15(27(40,41)42)2-16(8-22)28(43,44)45,23-9-17(29(46,47)48)3-18(10-23)30(49,50)51)24-11-19(31(52,53)54)4-20(12-24)32(55,56)57;21-18(15-7-2-1-3-8-15)12-20-16-9-5-4-6-14(16)10-11-17(20)19(22)13-23/h1-12H;1-11H,12-13H2/q-1;/p+1. The fourth-order valence-corrected chi connectivity index (χ4v) is 8.85. The van der Waals surface area contributed by atoms with Crippen LogP contribution >= 0.6 is 12.6 Å². The highest BCUT2D eigenvalue weighted by Crippen LogP contribution is 2.41. The van der Waals surface area contributed by atoms with Crippen molar-refractivity contribution in [3.63, 3.8) is 0 Å². The number of Topliss-reactive ketones (excluding diaryl/α,β-unsaturated/α-hetero) is 2. The topological polar surface area (TPSA) is 38.0 Å². The van der Waals surface area contributed by atoms with Gasteiger partial charge in [-0.1, -0.05) is 91.0 Å². The average molecular weight is 1190 g/mol. The molecule has 426 valence electrons. The van der Waals surface area contributed by atoms with Gasteiger partial charge in [-0.2, -0.15) is 144 Å². The molecule has 0 amide bonds. The average Bonchev–Trinajstić information content (AvgIpc) is 3.35. The van der Waals surface area contributed by atoms with E-state index in [9.17, 15) is 115 Å². The summed E-state index contributed by atoms with van der Waals surface area (Å²) in [5, 5.41) is 0.990. The van der Waals surface area contributed by atoms with Crippen molar-refractivity contribution in [2.24, 2.45) is 0 Å². The van der Waals surface area contributed by atoms with Crippen LogP contribution in [0.5, 0.6) is 0 Å². The second kappa shape index (κ2) is 21.7. The molecule has 0 N–H and O–H groups in total. The summed E-state index contributed by atoms with van der Waals surface area (Å²) in [7, 11) is 0. The Kier molecular flexibility index (Phi) is 16.8. The Morgan fingerprint density at radius 1 is 0.350 bits per heavy atom. The van der Waals surface area contributed by atoms with Crippen molar-refractivity contribution in [3.8, 4) is 0 Å². The van der Waals surface area contributed by atoms with Crippen molar-refractivity contribution in [1.82, 2.24) is 0 Å². The van der Waals surface area contributed by atoms with Gasteiger partial charge < -0.3 is 0 Å². The van der Waals surface area contributed by atoms with Crippen LogP contribution in [0, 0.1) is 0 Å². The molecule has 80 heavy (non-hydrogen) atoms. The van der Waals surface area contributed by atoms with E-state index in [1.807, 2.05) is 48.5 Å². The number of halogens is 24. The Bertz CT molecular complexity index is 3010. The summed E-state index contributed by atoms with van der Waals surface area (Å²) in [6.07, 6.45) is -54.8. The van der Waals surface area contributed by atoms with Gasteiger partial charge in [0.15, 0.2) is 0 Å². The minimum Gasteiger partial charge on any atom is -0.287 e. The zero-order chi connectivity index (χ0) is 60.1. The first-order valence-corrected chi connectivity index (χ1v) is 22.6. The zero-order valence-electron chi connectivity index (χ0n) is 39.1. The van der Waals surface area contributed by atoms with Crippen molar-refractivity contribution in [2.45, 2.75) is 56.0 Å². The lowest BCUT2D eigenvalue weighted by Gasteiger charge is -2.46. The molecule has 0 unspecified atom stereocenters. The Morgan fingerprint density at radius 3 is 0.900 bits per heavy atom. The fourth-order valence-electron chi connectivity index (χ4n) is 8.69. The van der Waals surface area contributed by atoms with Crippen LogP contribution in [0.15, 0.2) is 140 Å². The molecule has 0 bridgehead atoms. The van der Waals surface area contributed by atoms with Gasteiger partial charge in [0, 0.05) is 23.1 Å². The number of pyridine rings is 1. The Balaban J connectivity index is 0.000000370. The van der Waals surface area contributed by atoms with Gasteiger partial charge in [0.05, 0.1) is 50.3 Å². The van der Waals surface area contributed by atoms with Crippen LogP contribution in [0.1, 0.15) is 65.4 Å². The minimum atomic E-state index is -6.13. The summed E-state index contributed by atoms with van der Waals surface area (Å²) in [6, 6.07) is 11.7. The molecule has 0 radical (unpaired) electrons. The van der Waals surface area contributed by atoms with E-state index in [1.165, 1.54) is 0 Å². The van der Waals surface area contributed by atoms with Gasteiger partial charge in [-0.3, -0.25) is 9.59 Å². The highest BCUT2D eigenvalue weighted by Gasteiger charge is 2.47. The van der Waals surface area contributed by atoms with E-state index in [-0.39, 0.29) is 23.9 Å². The number of aromatic nitrogens is 1. The number of benzene rings is 6. The maximum atomic E-state index is 14.2. The molecule has 0 atom stereocenters. The van der Waals surface area contributed by atoms with Gasteiger partial charge in [-0.25, -0.2) is 0 Å². The Labute approximate surface area is 438 Å². The fraction of sp³-hybridized carbons (Fsp3) is 0.196. The molecule has 29 heteroatoms. The number of fused-ring (bicyclic) bond motifs is 1. The number of rotatable bonds is 9. The van der Waals surface area contributed by atoms with E-state index in [1.54, 1.807) is 22.8 Å². The van der Waals surface area contributed by atoms with Crippen LogP contribution in [-0.2, 0) is 56.0 Å². The van der Waals surface area contributed by atoms with Crippen molar-refractivity contribution in [3.05, 3.63) is 195 Å². The monoisotopic (exact) mass is 1190 g/mol. The lowest BCUT2D eigenvalue weighted by atomic mass is 9.12. The maximum absolute atomic E-state index is 14.2. The third kappa shape index (κ3) is 13.7. The predicted molar refractivity (Wildman–Crippen MR) is 243 cm³/mol. The molecule has 0 saturated heterocycles. The predicted octanol–water partition coefficient (Wildman–Crippen LogP) is 14.3. The molecule has 0 spiro atoms. The molecule has 0 aliphatic rings. The number of hydrogen-bond donors (Lipinski definition) is 1. The van der Waals surface area contributed by atoms with Crippen LogP contribution in [0.4, 0.5) is 105 Å². The number of nitrogens with zero attached hydrogens (tertiary/aromatic N) is 1. The number of alkyl halides is 24. The minimum absolute atomic E-state index is 0.0276. The zero-order valence-corrected chi connectivity index (χ0v) is 39.9. The number of hydrogen-bond acceptors (Lipinski definition) is 3. The van der Waals surface area contributed by atoms with Gasteiger partial charge in [-0.15, -0.1) is 0 Å². The molecular formula is C51H28BF24NO2S. The van der Waals surface area contributed by atoms with E-state index in [2.05, 4.69) is 12.6 Å². The van der Waals surface area contributed by atoms with Gasteiger partial charge in [0.1, 0.15) is 6.15 Å². The molecule has 7 rings (SSSR count). The summed E-state index contributed by atoms with van der Waals surface area (Å²) < 4.78 is 343. The van der Waals surface area contributed by atoms with Gasteiger partial charge in [-0.05, 0) is 36.4 Å². The summed E-state index contributed by atoms with van der Waals surface area (Å²) in [6.45, 7) is 0.125. The molecule has 7 aromatic rings. The van der Waals surface area contributed by atoms with Crippen LogP contribution in [-0.4, -0.2) is 23.5 Å². The Morgan fingerprint density at radius 2 is 0.625 bits per heavy atom. The van der Waals surface area contributed by atoms with Crippen LogP contribution < -0.4 is 26.4 Å². The number of carbonyl (C=O) groups excluding carboxylic acids is 2. The first kappa shape index (κ1) is 62.0. The summed E-state index contributed by atoms with van der Waals surface area (Å²) in [5.74, 6) is -0.0159. The van der Waals surface area contributed by atoms with E-state index in [0.29, 0.717) is 11.3 Å². The molecule has 3 nitrogen and oxygen atoms in total. The lowest BCUT2D eigenvalue weighted by molar-refractivity contribution is -0.659. The number of para-hydroxylation sites is 1. The van der Waals surface area contributed by atoms with Crippen molar-refractivity contribution >= 4 is 63.1 Å². The molecule has 6 aromatic carbocycles. The van der Waals surface area contributed by atoms with Crippen LogP contribution in [0.25, 0.3) is 10.9 Å². The third-order valence-corrected chi connectivity index (χ3v) is 12.5. The van der Waals surface area contributed by atoms with Crippen molar-refractivity contribution in [1.29, 1.82) is 0 Å². The van der Waals surface area contributed by atoms with Crippen LogP contribution in [0.2, 0.25) is 0 Å². The van der Waals surface area contributed by atoms with E-state index in [4.69, 9.17) is 0 Å². The molecule has 0 saturated carbocycles. The quantitative estimate of drug-likeness (QED) is 0.0514. The van der Waals surface area contributed by atoms with E-state index in [0.717, 1.165) is 10.9 Å². The largest absolute Gasteiger partial charge is 0.416 e. The second-order valence-corrected chi connectivity index (χ2v) is 17.8. The van der Waals surface area contributed by atoms with Gasteiger partial charge in [0.25, 0.3) is 0 Å². The van der Waals surface area contributed by atoms with E-state index >= 15 is 0 Å². The SMILES string of the molecule is FC(F)(F)c1cc([B-](c2cc(C(F)(F)F)cc(C(F)(F)F)c2)(c2cc(C(F)(F)F)cc(C(F)(F)F)c2)c2cc(C(F)(F)F)cc(C(F)(F)F)c2)cc(C(F)(F)F)c1.O=C(C[n+]1c(C(=O)CS)ccc2ccccc21)c1ccccc1. The Hall–Kier alpha value is -7.20. The molecular weight excluding hydrogens is 1160 g/mol. The van der Waals surface area contributed by atoms with E-state index < -0.39 is 195 Å². The highest BCUT2D eigenvalue weighted by molar-refractivity contribution is 7.81. The smallest absolute Gasteiger partial charge is 0.287 e. The number of carbonyl (C=O) groups is 2. The molecule has 1 heterocycles. The second-order valence-electron chi connectivity index (χ2n) is 17.5. The first-order valence-electron chi connectivity index (χ1n) is 22.0. The highest BCUT2D eigenvalue weighted by atomic mass is 32.1. The van der Waals surface area contributed by atoms with Crippen molar-refractivity contribution < 1.29 is 120 Å². The number of ketones is 2. The molecule has 0 aliphatic heterocycles. The summed E-state index contributed by atoms with van der Waals surface area (Å²) in [5.41, 5.74) is -28.2. The summed E-state index contributed by atoms with van der Waals surface area (Å²) in [4.78, 5) is 24.8. The molecule has 0 aliphatic carbocycles. The maximum Gasteiger partial charge on any atom is 0.416 e. The number of thiol groups is 1. The molecule has 1 aromatic heterocycles. The van der Waals surface area contributed by atoms with Crippen LogP contribution in [0.3, 0.4) is 0 Å². The normalized spacial score (nSPS) is 13.3. The molecule has 0 fully saturated rings. The third-order valence-electron chi connectivity index (χ3n) is 12.2. The van der Waals surface area contributed by atoms with Crippen molar-refractivity contribution in [2.75, 3.05) is 5.75 Å². The first-order chi connectivity index (χ1) is 36.5. The lowest BCUT2D eigenvalue weighted by Crippen LogP contribution is -2.75. The van der Waals surface area contributed by atoms with Gasteiger partial charge >= 0.3 is 49.4 Å².